The van der Waals surface area contributed by atoms with Gasteiger partial charge in [-0.15, -0.1) is 0 Å². The van der Waals surface area contributed by atoms with Crippen molar-refractivity contribution in [3.05, 3.63) is 35.9 Å². The molecule has 0 unspecified atom stereocenters. The Morgan fingerprint density at radius 3 is 3.00 bits per heavy atom. The minimum absolute atomic E-state index is 0.528. The third kappa shape index (κ3) is 2.25. The molecule has 2 aromatic heterocycles. The van der Waals surface area contributed by atoms with Crippen molar-refractivity contribution in [1.82, 2.24) is 10.1 Å². The van der Waals surface area contributed by atoms with Gasteiger partial charge in [0.2, 0.25) is 0 Å². The third-order valence-corrected chi connectivity index (χ3v) is 1.99. The molecule has 0 amide bonds. The molecule has 0 aliphatic rings. The van der Waals surface area contributed by atoms with Crippen LogP contribution in [0.1, 0.15) is 11.5 Å². The van der Waals surface area contributed by atoms with Gasteiger partial charge < -0.3 is 15.6 Å². The van der Waals surface area contributed by atoms with Gasteiger partial charge in [0.1, 0.15) is 5.82 Å². The van der Waals surface area contributed by atoms with Crippen LogP contribution in [0.2, 0.25) is 0 Å². The van der Waals surface area contributed by atoms with Crippen LogP contribution in [0.25, 0.3) is 0 Å². The van der Waals surface area contributed by atoms with Crippen LogP contribution >= 0.6 is 0 Å². The highest BCUT2D eigenvalue weighted by Gasteiger charge is 2.02. The zero-order valence-electron chi connectivity index (χ0n) is 8.40. The minimum atomic E-state index is 0.528. The van der Waals surface area contributed by atoms with Crippen molar-refractivity contribution in [2.75, 3.05) is 11.1 Å². The van der Waals surface area contributed by atoms with Crippen molar-refractivity contribution >= 4 is 11.5 Å². The van der Waals surface area contributed by atoms with Crippen LogP contribution in [0.15, 0.2) is 28.9 Å². The molecule has 0 bridgehead atoms. The van der Waals surface area contributed by atoms with E-state index in [1.165, 1.54) is 0 Å². The minimum Gasteiger partial charge on any atom is -0.396 e. The molecule has 0 radical (unpaired) electrons. The molecule has 5 nitrogen and oxygen atoms in total. The number of rotatable bonds is 3. The quantitative estimate of drug-likeness (QED) is 0.793. The lowest BCUT2D eigenvalue weighted by Gasteiger charge is -2.06. The van der Waals surface area contributed by atoms with E-state index >= 15 is 0 Å². The summed E-state index contributed by atoms with van der Waals surface area (Å²) in [6, 6.07) is 5.49. The average Bonchev–Trinajstić information content (AvgIpc) is 2.72. The summed E-state index contributed by atoms with van der Waals surface area (Å²) in [5.41, 5.74) is 7.30. The summed E-state index contributed by atoms with van der Waals surface area (Å²) in [4.78, 5) is 4.27. The molecule has 78 valence electrons. The SMILES string of the molecule is Cc1ccc(N)c(NCc2ccno2)n1. The molecule has 0 spiro atoms. The monoisotopic (exact) mass is 204 g/mol. The van der Waals surface area contributed by atoms with Gasteiger partial charge in [-0.2, -0.15) is 0 Å². The van der Waals surface area contributed by atoms with E-state index in [4.69, 9.17) is 10.3 Å². The summed E-state index contributed by atoms with van der Waals surface area (Å²) >= 11 is 0. The Kier molecular flexibility index (Phi) is 2.53. The van der Waals surface area contributed by atoms with E-state index < -0.39 is 0 Å². The number of hydrogen-bond acceptors (Lipinski definition) is 5. The molecular weight excluding hydrogens is 192 g/mol. The fraction of sp³-hybridized carbons (Fsp3) is 0.200. The zero-order valence-corrected chi connectivity index (χ0v) is 8.40. The lowest BCUT2D eigenvalue weighted by molar-refractivity contribution is 0.388. The summed E-state index contributed by atoms with van der Waals surface area (Å²) in [7, 11) is 0. The molecule has 0 fully saturated rings. The normalized spacial score (nSPS) is 10.2. The van der Waals surface area contributed by atoms with Crippen molar-refractivity contribution in [3.8, 4) is 0 Å². The van der Waals surface area contributed by atoms with Gasteiger partial charge in [0.05, 0.1) is 18.4 Å². The smallest absolute Gasteiger partial charge is 0.155 e. The first kappa shape index (κ1) is 9.51. The summed E-state index contributed by atoms with van der Waals surface area (Å²) in [6.07, 6.45) is 1.60. The van der Waals surface area contributed by atoms with Gasteiger partial charge in [-0.1, -0.05) is 5.16 Å². The van der Waals surface area contributed by atoms with Gasteiger partial charge in [0.25, 0.3) is 0 Å². The fourth-order valence-electron chi connectivity index (χ4n) is 1.21. The highest BCUT2D eigenvalue weighted by molar-refractivity contribution is 5.61. The van der Waals surface area contributed by atoms with Crippen LogP contribution in [0.3, 0.4) is 0 Å². The third-order valence-electron chi connectivity index (χ3n) is 1.99. The highest BCUT2D eigenvalue weighted by Crippen LogP contribution is 2.16. The van der Waals surface area contributed by atoms with Gasteiger partial charge in [0, 0.05) is 11.8 Å². The molecule has 2 aromatic rings. The van der Waals surface area contributed by atoms with E-state index in [0.717, 1.165) is 11.5 Å². The second-order valence-corrected chi connectivity index (χ2v) is 3.22. The van der Waals surface area contributed by atoms with Gasteiger partial charge in [-0.3, -0.25) is 0 Å². The van der Waals surface area contributed by atoms with E-state index in [-0.39, 0.29) is 0 Å². The Hall–Kier alpha value is -2.04. The van der Waals surface area contributed by atoms with E-state index in [1.54, 1.807) is 12.3 Å². The van der Waals surface area contributed by atoms with Gasteiger partial charge >= 0.3 is 0 Å². The van der Waals surface area contributed by atoms with E-state index in [1.807, 2.05) is 19.1 Å². The van der Waals surface area contributed by atoms with Crippen molar-refractivity contribution < 1.29 is 4.52 Å². The Bertz CT molecular complexity index is 439. The molecule has 0 saturated heterocycles. The standard InChI is InChI=1S/C10H12N4O/c1-7-2-3-9(11)10(14-7)12-6-8-4-5-13-15-8/h2-5H,6,11H2,1H3,(H,12,14). The topological polar surface area (TPSA) is 77.0 Å². The number of nitrogen functional groups attached to an aromatic ring is 1. The van der Waals surface area contributed by atoms with Crippen LogP contribution in [0.4, 0.5) is 11.5 Å². The number of nitrogens with one attached hydrogen (secondary N) is 1. The molecule has 0 aromatic carbocycles. The maximum atomic E-state index is 5.76. The summed E-state index contributed by atoms with van der Waals surface area (Å²) in [5.74, 6) is 1.42. The van der Waals surface area contributed by atoms with Crippen molar-refractivity contribution in [2.45, 2.75) is 13.5 Å². The fourth-order valence-corrected chi connectivity index (χ4v) is 1.21. The summed E-state index contributed by atoms with van der Waals surface area (Å²) < 4.78 is 4.94. The molecule has 15 heavy (non-hydrogen) atoms. The van der Waals surface area contributed by atoms with Crippen LogP contribution < -0.4 is 11.1 Å². The van der Waals surface area contributed by atoms with Gasteiger partial charge in [0.15, 0.2) is 5.76 Å². The van der Waals surface area contributed by atoms with Crippen LogP contribution in [-0.2, 0) is 6.54 Å². The molecule has 5 heteroatoms. The maximum Gasteiger partial charge on any atom is 0.155 e. The van der Waals surface area contributed by atoms with E-state index in [2.05, 4.69) is 15.5 Å². The molecular formula is C10H12N4O. The van der Waals surface area contributed by atoms with Crippen molar-refractivity contribution in [2.24, 2.45) is 0 Å². The maximum absolute atomic E-state index is 5.76. The molecule has 3 N–H and O–H groups in total. The van der Waals surface area contributed by atoms with Crippen LogP contribution in [0.5, 0.6) is 0 Å². The molecule has 0 aliphatic carbocycles. The Morgan fingerprint density at radius 1 is 1.40 bits per heavy atom. The second-order valence-electron chi connectivity index (χ2n) is 3.22. The summed E-state index contributed by atoms with van der Waals surface area (Å²) in [5, 5.41) is 6.69. The van der Waals surface area contributed by atoms with Crippen molar-refractivity contribution in [3.63, 3.8) is 0 Å². The summed E-state index contributed by atoms with van der Waals surface area (Å²) in [6.45, 7) is 2.44. The van der Waals surface area contributed by atoms with E-state index in [9.17, 15) is 0 Å². The molecule has 2 heterocycles. The molecule has 0 aliphatic heterocycles. The van der Waals surface area contributed by atoms with E-state index in [0.29, 0.717) is 18.1 Å². The average molecular weight is 204 g/mol. The van der Waals surface area contributed by atoms with Gasteiger partial charge in [-0.25, -0.2) is 4.98 Å². The molecule has 0 saturated carbocycles. The number of nitrogens with zero attached hydrogens (tertiary/aromatic N) is 2. The van der Waals surface area contributed by atoms with Crippen LogP contribution in [-0.4, -0.2) is 10.1 Å². The predicted octanol–water partition coefficient (Wildman–Crippen LogP) is 1.57. The Balaban J connectivity index is 2.07. The first-order chi connectivity index (χ1) is 7.25. The lowest BCUT2D eigenvalue weighted by atomic mass is 10.3. The first-order valence-corrected chi connectivity index (χ1v) is 4.62. The highest BCUT2D eigenvalue weighted by atomic mass is 16.5. The molecule has 0 atom stereocenters. The first-order valence-electron chi connectivity index (χ1n) is 4.62. The number of aryl methyl sites for hydroxylation is 1. The number of aromatic nitrogens is 2. The predicted molar refractivity (Wildman–Crippen MR) is 57.2 cm³/mol. The number of hydrogen-bond donors (Lipinski definition) is 2. The van der Waals surface area contributed by atoms with Crippen molar-refractivity contribution in [1.29, 1.82) is 0 Å². The van der Waals surface area contributed by atoms with Gasteiger partial charge in [-0.05, 0) is 19.1 Å². The Morgan fingerprint density at radius 2 is 2.27 bits per heavy atom. The number of nitrogens with two attached hydrogens (primary N) is 1. The lowest BCUT2D eigenvalue weighted by Crippen LogP contribution is -2.04. The second kappa shape index (κ2) is 4.00. The molecule has 2 rings (SSSR count). The largest absolute Gasteiger partial charge is 0.396 e. The zero-order chi connectivity index (χ0) is 10.7. The number of pyridine rings is 1. The number of anilines is 2. The van der Waals surface area contributed by atoms with Crippen LogP contribution in [0, 0.1) is 6.92 Å². The Labute approximate surface area is 87.3 Å².